The molecule has 0 atom stereocenters. The van der Waals surface area contributed by atoms with Crippen LogP contribution >= 0.6 is 38.1 Å². The lowest BCUT2D eigenvalue weighted by molar-refractivity contribution is 0.445. The SMILES string of the molecule is O=S(=O)(NC1CS(O)(O)C1)c1ccc(Br)c(Cl)c1. The van der Waals surface area contributed by atoms with Gasteiger partial charge in [-0.3, -0.25) is 9.11 Å². The minimum Gasteiger partial charge on any atom is -0.299 e. The van der Waals surface area contributed by atoms with E-state index in [4.69, 9.17) is 11.6 Å². The molecule has 1 aliphatic rings. The summed E-state index contributed by atoms with van der Waals surface area (Å²) >= 11 is 9.01. The van der Waals surface area contributed by atoms with E-state index in [9.17, 15) is 17.5 Å². The van der Waals surface area contributed by atoms with Crippen LogP contribution in [0.1, 0.15) is 0 Å². The highest BCUT2D eigenvalue weighted by Crippen LogP contribution is 2.48. The molecule has 1 aromatic rings. The van der Waals surface area contributed by atoms with Crippen molar-refractivity contribution in [3.8, 4) is 0 Å². The summed E-state index contributed by atoms with van der Waals surface area (Å²) < 4.78 is 45.4. The van der Waals surface area contributed by atoms with E-state index < -0.39 is 26.7 Å². The topological polar surface area (TPSA) is 86.6 Å². The predicted molar refractivity (Wildman–Crippen MR) is 75.8 cm³/mol. The van der Waals surface area contributed by atoms with Crippen molar-refractivity contribution in [2.24, 2.45) is 0 Å². The molecule has 0 unspecified atom stereocenters. The van der Waals surface area contributed by atoms with Gasteiger partial charge in [-0.1, -0.05) is 11.6 Å². The monoisotopic (exact) mass is 375 g/mol. The molecule has 0 radical (unpaired) electrons. The molecular weight excluding hydrogens is 366 g/mol. The van der Waals surface area contributed by atoms with Crippen molar-refractivity contribution in [1.29, 1.82) is 0 Å². The molecule has 5 nitrogen and oxygen atoms in total. The van der Waals surface area contributed by atoms with Crippen molar-refractivity contribution in [3.63, 3.8) is 0 Å². The fourth-order valence-electron chi connectivity index (χ4n) is 1.60. The van der Waals surface area contributed by atoms with Gasteiger partial charge >= 0.3 is 0 Å². The molecule has 1 aliphatic heterocycles. The first-order valence-electron chi connectivity index (χ1n) is 4.91. The fraction of sp³-hybridized carbons (Fsp3) is 0.333. The Morgan fingerprint density at radius 2 is 2.00 bits per heavy atom. The standard InChI is InChI=1S/C9H11BrClNO4S2/c10-8-2-1-7(3-9(8)11)18(15,16)12-6-4-17(13,14)5-6/h1-3,6,12-14H,4-5H2. The molecule has 1 fully saturated rings. The van der Waals surface area contributed by atoms with Crippen LogP contribution < -0.4 is 4.72 Å². The van der Waals surface area contributed by atoms with Crippen LogP contribution in [0.25, 0.3) is 0 Å². The van der Waals surface area contributed by atoms with Crippen molar-refractivity contribution in [1.82, 2.24) is 4.72 Å². The average molecular weight is 377 g/mol. The van der Waals surface area contributed by atoms with E-state index in [2.05, 4.69) is 20.7 Å². The van der Waals surface area contributed by atoms with Gasteiger partial charge in [0.05, 0.1) is 27.5 Å². The Bertz CT molecular complexity index is 570. The lowest BCUT2D eigenvalue weighted by Crippen LogP contribution is -2.50. The summed E-state index contributed by atoms with van der Waals surface area (Å²) in [5, 5.41) is 0.302. The smallest absolute Gasteiger partial charge is 0.240 e. The van der Waals surface area contributed by atoms with Crippen LogP contribution in [0.4, 0.5) is 0 Å². The number of nitrogens with one attached hydrogen (secondary N) is 1. The lowest BCUT2D eigenvalue weighted by atomic mass is 10.4. The Hall–Kier alpha value is 0.170. The second-order valence-corrected chi connectivity index (χ2v) is 9.28. The lowest BCUT2D eigenvalue weighted by Gasteiger charge is -2.46. The highest BCUT2D eigenvalue weighted by molar-refractivity contribution is 9.10. The van der Waals surface area contributed by atoms with E-state index in [-0.39, 0.29) is 16.4 Å². The molecule has 0 saturated carbocycles. The van der Waals surface area contributed by atoms with Gasteiger partial charge in [-0.25, -0.2) is 13.1 Å². The molecule has 0 aliphatic carbocycles. The Morgan fingerprint density at radius 1 is 1.39 bits per heavy atom. The van der Waals surface area contributed by atoms with Gasteiger partial charge in [-0.05, 0) is 34.1 Å². The van der Waals surface area contributed by atoms with Gasteiger partial charge in [0.1, 0.15) is 0 Å². The highest BCUT2D eigenvalue weighted by atomic mass is 79.9. The number of hydrogen-bond donors (Lipinski definition) is 3. The average Bonchev–Trinajstić information content (AvgIpc) is 2.18. The molecule has 9 heteroatoms. The van der Waals surface area contributed by atoms with Crippen LogP contribution in [-0.4, -0.2) is 35.1 Å². The van der Waals surface area contributed by atoms with Gasteiger partial charge in [-0.2, -0.15) is 10.6 Å². The number of benzene rings is 1. The summed E-state index contributed by atoms with van der Waals surface area (Å²) in [7, 11) is -6.23. The molecular formula is C9H11BrClNO4S2. The molecule has 1 heterocycles. The molecule has 0 bridgehead atoms. The minimum absolute atomic E-state index is 0.0547. The van der Waals surface area contributed by atoms with Crippen molar-refractivity contribution in [2.75, 3.05) is 11.5 Å². The quantitative estimate of drug-likeness (QED) is 0.756. The summed E-state index contributed by atoms with van der Waals surface area (Å²) in [6.45, 7) is 0. The first-order chi connectivity index (χ1) is 8.20. The van der Waals surface area contributed by atoms with E-state index in [1.54, 1.807) is 6.07 Å². The number of halogens is 2. The summed E-state index contributed by atoms with van der Waals surface area (Å²) in [4.78, 5) is 0.0547. The molecule has 1 saturated heterocycles. The van der Waals surface area contributed by atoms with Gasteiger partial charge in [0.25, 0.3) is 0 Å². The van der Waals surface area contributed by atoms with Crippen LogP contribution in [0, 0.1) is 0 Å². The zero-order valence-electron chi connectivity index (χ0n) is 9.01. The third kappa shape index (κ3) is 3.19. The molecule has 0 amide bonds. The first kappa shape index (κ1) is 14.6. The van der Waals surface area contributed by atoms with Crippen LogP contribution in [0.3, 0.4) is 0 Å². The number of hydrogen-bond acceptors (Lipinski definition) is 4. The normalized spacial score (nSPS) is 21.3. The molecule has 0 aromatic heterocycles. The Labute approximate surface area is 120 Å². The van der Waals surface area contributed by atoms with E-state index in [0.717, 1.165) is 0 Å². The van der Waals surface area contributed by atoms with Gasteiger partial charge in [0, 0.05) is 4.47 Å². The Morgan fingerprint density at radius 3 is 2.50 bits per heavy atom. The largest absolute Gasteiger partial charge is 0.299 e. The molecule has 3 N–H and O–H groups in total. The second kappa shape index (κ2) is 4.93. The van der Waals surface area contributed by atoms with E-state index in [0.29, 0.717) is 9.50 Å². The van der Waals surface area contributed by atoms with Gasteiger partial charge in [0.15, 0.2) is 0 Å². The predicted octanol–water partition coefficient (Wildman–Crippen LogP) is 2.51. The fourth-order valence-corrected chi connectivity index (χ4v) is 4.92. The third-order valence-corrected chi connectivity index (χ3v) is 7.08. The van der Waals surface area contributed by atoms with E-state index in [1.165, 1.54) is 12.1 Å². The Kier molecular flexibility index (Phi) is 3.99. The van der Waals surface area contributed by atoms with Crippen molar-refractivity contribution in [3.05, 3.63) is 27.7 Å². The maximum atomic E-state index is 12.0. The maximum Gasteiger partial charge on any atom is 0.240 e. The summed E-state index contributed by atoms with van der Waals surface area (Å²) in [6, 6.07) is 3.88. The maximum absolute atomic E-state index is 12.0. The number of sulfonamides is 1. The van der Waals surface area contributed by atoms with Crippen molar-refractivity contribution in [2.45, 2.75) is 10.9 Å². The molecule has 1 aromatic carbocycles. The second-order valence-electron chi connectivity index (χ2n) is 4.03. The van der Waals surface area contributed by atoms with Crippen LogP contribution in [-0.2, 0) is 10.0 Å². The van der Waals surface area contributed by atoms with Crippen LogP contribution in [0.15, 0.2) is 27.6 Å². The van der Waals surface area contributed by atoms with Gasteiger partial charge in [-0.15, -0.1) is 0 Å². The van der Waals surface area contributed by atoms with E-state index >= 15 is 0 Å². The van der Waals surface area contributed by atoms with Crippen molar-refractivity contribution >= 4 is 48.1 Å². The first-order valence-corrected chi connectivity index (χ1v) is 9.44. The summed E-state index contributed by atoms with van der Waals surface area (Å²) in [6.07, 6.45) is 0. The zero-order chi connectivity index (χ0) is 13.6. The molecule has 102 valence electrons. The van der Waals surface area contributed by atoms with Crippen LogP contribution in [0.2, 0.25) is 5.02 Å². The molecule has 0 spiro atoms. The third-order valence-electron chi connectivity index (χ3n) is 2.46. The van der Waals surface area contributed by atoms with Gasteiger partial charge < -0.3 is 0 Å². The highest BCUT2D eigenvalue weighted by Gasteiger charge is 2.36. The van der Waals surface area contributed by atoms with E-state index in [1.807, 2.05) is 0 Å². The molecule has 18 heavy (non-hydrogen) atoms. The minimum atomic E-state index is -3.67. The van der Waals surface area contributed by atoms with Crippen LogP contribution in [0.5, 0.6) is 0 Å². The Balaban J connectivity index is 2.14. The van der Waals surface area contributed by atoms with Crippen molar-refractivity contribution < 1.29 is 17.5 Å². The number of rotatable bonds is 3. The molecule has 2 rings (SSSR count). The summed E-state index contributed by atoms with van der Waals surface area (Å²) in [5.41, 5.74) is 0. The zero-order valence-corrected chi connectivity index (χ0v) is 13.0. The summed E-state index contributed by atoms with van der Waals surface area (Å²) in [5.74, 6) is 0.132. The van der Waals surface area contributed by atoms with Gasteiger partial charge in [0.2, 0.25) is 10.0 Å².